The summed E-state index contributed by atoms with van der Waals surface area (Å²) in [5.41, 5.74) is 0. The van der Waals surface area contributed by atoms with Crippen molar-refractivity contribution < 1.29 is 10.0 Å². The van der Waals surface area contributed by atoms with E-state index in [9.17, 15) is 10.1 Å². The van der Waals surface area contributed by atoms with Gasteiger partial charge in [0.25, 0.3) is 6.20 Å². The Balaban J connectivity index is 2.06. The molecular formula is C10H20N4O3S2. The quantitative estimate of drug-likeness (QED) is 0.260. The van der Waals surface area contributed by atoms with Crippen LogP contribution in [0, 0.1) is 10.1 Å². The van der Waals surface area contributed by atoms with E-state index in [0.717, 1.165) is 23.5 Å². The van der Waals surface area contributed by atoms with Crippen molar-refractivity contribution in [3.8, 4) is 0 Å². The third-order valence-corrected chi connectivity index (χ3v) is 4.88. The van der Waals surface area contributed by atoms with Crippen molar-refractivity contribution in [2.45, 2.75) is 11.4 Å². The van der Waals surface area contributed by atoms with Gasteiger partial charge in [-0.25, -0.2) is 0 Å². The molecule has 0 amide bonds. The highest BCUT2D eigenvalue weighted by molar-refractivity contribution is 8.00. The molecule has 1 aliphatic heterocycles. The average molecular weight is 308 g/mol. The Hall–Kier alpha value is -0.640. The zero-order valence-corrected chi connectivity index (χ0v) is 12.4. The van der Waals surface area contributed by atoms with Crippen LogP contribution < -0.4 is 16.0 Å². The van der Waals surface area contributed by atoms with Crippen LogP contribution >= 0.6 is 23.5 Å². The van der Waals surface area contributed by atoms with E-state index < -0.39 is 4.92 Å². The fourth-order valence-corrected chi connectivity index (χ4v) is 3.71. The standard InChI is InChI=1S/C10H20N4O3S2/c1-11-9(4-14(16)17)12-2-3-18-6-8-7-19-10(5-15)13-8/h4,8,10-13,15H,2-3,5-7H2,1H3. The molecule has 1 aliphatic rings. The molecule has 1 heterocycles. The summed E-state index contributed by atoms with van der Waals surface area (Å²) in [6.45, 7) is 0.846. The number of nitrogens with one attached hydrogen (secondary N) is 3. The fourth-order valence-electron chi connectivity index (χ4n) is 1.58. The molecule has 2 unspecified atom stereocenters. The van der Waals surface area contributed by atoms with Crippen LogP contribution in [-0.2, 0) is 0 Å². The summed E-state index contributed by atoms with van der Waals surface area (Å²) in [6.07, 6.45) is 0.922. The van der Waals surface area contributed by atoms with Gasteiger partial charge in [0.2, 0.25) is 0 Å². The highest BCUT2D eigenvalue weighted by atomic mass is 32.2. The van der Waals surface area contributed by atoms with Gasteiger partial charge in [0.05, 0.1) is 16.9 Å². The first kappa shape index (κ1) is 16.4. The number of nitro groups is 1. The number of aliphatic hydroxyl groups is 1. The molecule has 19 heavy (non-hydrogen) atoms. The molecule has 0 radical (unpaired) electrons. The lowest BCUT2D eigenvalue weighted by molar-refractivity contribution is -0.404. The van der Waals surface area contributed by atoms with Gasteiger partial charge in [0.15, 0.2) is 5.82 Å². The molecule has 0 aromatic carbocycles. The maximum Gasteiger partial charge on any atom is 0.274 e. The molecule has 0 bridgehead atoms. The maximum absolute atomic E-state index is 10.3. The van der Waals surface area contributed by atoms with E-state index in [1.54, 1.807) is 30.6 Å². The van der Waals surface area contributed by atoms with Gasteiger partial charge < -0.3 is 15.7 Å². The number of nitrogens with zero attached hydrogens (tertiary/aromatic N) is 1. The van der Waals surface area contributed by atoms with E-state index in [1.807, 2.05) is 0 Å². The van der Waals surface area contributed by atoms with Gasteiger partial charge >= 0.3 is 0 Å². The summed E-state index contributed by atoms with van der Waals surface area (Å²) in [5.74, 6) is 3.30. The van der Waals surface area contributed by atoms with Gasteiger partial charge in [-0.3, -0.25) is 15.4 Å². The maximum atomic E-state index is 10.3. The zero-order chi connectivity index (χ0) is 14.1. The zero-order valence-electron chi connectivity index (χ0n) is 10.8. The number of thioether (sulfide) groups is 2. The second kappa shape index (κ2) is 9.29. The Bertz CT molecular complexity index is 317. The largest absolute Gasteiger partial charge is 0.394 e. The lowest BCUT2D eigenvalue weighted by Gasteiger charge is -2.12. The molecule has 1 rings (SSSR count). The van der Waals surface area contributed by atoms with E-state index in [2.05, 4.69) is 16.0 Å². The van der Waals surface area contributed by atoms with Crippen LogP contribution in [0.4, 0.5) is 0 Å². The Labute approximate surface area is 121 Å². The summed E-state index contributed by atoms with van der Waals surface area (Å²) in [6, 6.07) is 0.435. The van der Waals surface area contributed by atoms with E-state index in [-0.39, 0.29) is 12.0 Å². The molecule has 1 fully saturated rings. The number of rotatable bonds is 9. The summed E-state index contributed by atoms with van der Waals surface area (Å²) in [4.78, 5) is 9.82. The third kappa shape index (κ3) is 6.90. The third-order valence-electron chi connectivity index (χ3n) is 2.47. The molecule has 0 saturated carbocycles. The van der Waals surface area contributed by atoms with E-state index in [1.165, 1.54) is 0 Å². The van der Waals surface area contributed by atoms with Crippen molar-refractivity contribution in [3.05, 3.63) is 22.1 Å². The lowest BCUT2D eigenvalue weighted by Crippen LogP contribution is -2.34. The minimum atomic E-state index is -0.485. The Kier molecular flexibility index (Phi) is 8.03. The van der Waals surface area contributed by atoms with Crippen molar-refractivity contribution in [3.63, 3.8) is 0 Å². The van der Waals surface area contributed by atoms with Crippen molar-refractivity contribution >= 4 is 23.5 Å². The number of hydrogen-bond donors (Lipinski definition) is 4. The number of aliphatic hydroxyl groups excluding tert-OH is 1. The second-order valence-electron chi connectivity index (χ2n) is 3.95. The van der Waals surface area contributed by atoms with Gasteiger partial charge in [0.1, 0.15) is 0 Å². The van der Waals surface area contributed by atoms with E-state index in [4.69, 9.17) is 5.11 Å². The Morgan fingerprint density at radius 2 is 2.53 bits per heavy atom. The molecule has 9 heteroatoms. The molecule has 4 N–H and O–H groups in total. The summed E-state index contributed by atoms with van der Waals surface area (Å²) in [7, 11) is 1.64. The van der Waals surface area contributed by atoms with Gasteiger partial charge in [0, 0.05) is 36.9 Å². The average Bonchev–Trinajstić information content (AvgIpc) is 2.84. The highest BCUT2D eigenvalue weighted by Crippen LogP contribution is 2.20. The first-order chi connectivity index (χ1) is 9.15. The van der Waals surface area contributed by atoms with Gasteiger partial charge in [-0.15, -0.1) is 11.8 Å². The van der Waals surface area contributed by atoms with Crippen molar-refractivity contribution in [2.24, 2.45) is 0 Å². The van der Waals surface area contributed by atoms with Crippen LogP contribution in [0.3, 0.4) is 0 Å². The van der Waals surface area contributed by atoms with Crippen LogP contribution in [-0.4, -0.2) is 58.9 Å². The summed E-state index contributed by atoms with van der Waals surface area (Å²) in [5, 5.41) is 28.5. The SMILES string of the molecule is CNC(=C[N+](=O)[O-])NCCSCC1CSC(CO)N1. The topological polar surface area (TPSA) is 99.5 Å². The fraction of sp³-hybridized carbons (Fsp3) is 0.800. The molecule has 0 aromatic heterocycles. The molecule has 1 saturated heterocycles. The van der Waals surface area contributed by atoms with Crippen LogP contribution in [0.25, 0.3) is 0 Å². The Morgan fingerprint density at radius 3 is 3.11 bits per heavy atom. The predicted octanol–water partition coefficient (Wildman–Crippen LogP) is -0.372. The normalized spacial score (nSPS) is 23.4. The smallest absolute Gasteiger partial charge is 0.274 e. The molecular weight excluding hydrogens is 288 g/mol. The monoisotopic (exact) mass is 308 g/mol. The summed E-state index contributed by atoms with van der Waals surface area (Å²) < 4.78 is 0. The number of hydrogen-bond acceptors (Lipinski definition) is 8. The minimum Gasteiger partial charge on any atom is -0.394 e. The van der Waals surface area contributed by atoms with Crippen LogP contribution in [0.1, 0.15) is 0 Å². The van der Waals surface area contributed by atoms with Crippen molar-refractivity contribution in [1.82, 2.24) is 16.0 Å². The molecule has 7 nitrogen and oxygen atoms in total. The molecule has 110 valence electrons. The van der Waals surface area contributed by atoms with Crippen molar-refractivity contribution in [2.75, 3.05) is 37.5 Å². The van der Waals surface area contributed by atoms with Gasteiger partial charge in [-0.1, -0.05) is 0 Å². The van der Waals surface area contributed by atoms with Crippen LogP contribution in [0.5, 0.6) is 0 Å². The molecule has 0 aliphatic carbocycles. The predicted molar refractivity (Wildman–Crippen MR) is 79.7 cm³/mol. The lowest BCUT2D eigenvalue weighted by atomic mass is 10.4. The molecule has 0 spiro atoms. The van der Waals surface area contributed by atoms with E-state index in [0.29, 0.717) is 18.4 Å². The molecule has 2 atom stereocenters. The van der Waals surface area contributed by atoms with Crippen molar-refractivity contribution in [1.29, 1.82) is 0 Å². The minimum absolute atomic E-state index is 0.169. The van der Waals surface area contributed by atoms with Crippen LogP contribution in [0.2, 0.25) is 0 Å². The Morgan fingerprint density at radius 1 is 1.74 bits per heavy atom. The van der Waals surface area contributed by atoms with Gasteiger partial charge in [-0.2, -0.15) is 11.8 Å². The van der Waals surface area contributed by atoms with E-state index >= 15 is 0 Å². The van der Waals surface area contributed by atoms with Gasteiger partial charge in [-0.05, 0) is 0 Å². The second-order valence-corrected chi connectivity index (χ2v) is 6.33. The first-order valence-electron chi connectivity index (χ1n) is 5.99. The highest BCUT2D eigenvalue weighted by Gasteiger charge is 2.22. The first-order valence-corrected chi connectivity index (χ1v) is 8.19. The molecule has 0 aromatic rings. The summed E-state index contributed by atoms with van der Waals surface area (Å²) >= 11 is 3.54. The van der Waals surface area contributed by atoms with Crippen LogP contribution in [0.15, 0.2) is 12.0 Å².